The minimum Gasteiger partial charge on any atom is -0.495 e. The molecule has 0 aliphatic rings. The van der Waals surface area contributed by atoms with Crippen molar-refractivity contribution in [1.82, 2.24) is 9.97 Å². The predicted molar refractivity (Wildman–Crippen MR) is 70.4 cm³/mol. The van der Waals surface area contributed by atoms with Crippen LogP contribution in [0.2, 0.25) is 0 Å². The van der Waals surface area contributed by atoms with Gasteiger partial charge in [-0.05, 0) is 30.3 Å². The fraction of sp³-hybridized carbons (Fsp3) is 0.0769. The minimum atomic E-state index is -1.46. The van der Waals surface area contributed by atoms with Crippen LogP contribution in [-0.4, -0.2) is 21.3 Å². The molecule has 0 aliphatic carbocycles. The van der Waals surface area contributed by atoms with Gasteiger partial charge in [-0.25, -0.2) is 13.6 Å². The van der Waals surface area contributed by atoms with E-state index in [-0.39, 0.29) is 5.69 Å². The molecule has 2 aromatic rings. The summed E-state index contributed by atoms with van der Waals surface area (Å²) in [5.41, 5.74) is 0.143. The van der Waals surface area contributed by atoms with Crippen LogP contribution < -0.4 is 4.74 Å². The molecule has 98 valence electrons. The third-order valence-corrected chi connectivity index (χ3v) is 3.32. The summed E-state index contributed by atoms with van der Waals surface area (Å²) < 4.78 is 30.2. The Labute approximate surface area is 112 Å². The number of aromatic nitrogens is 2. The Balaban J connectivity index is 2.14. The van der Waals surface area contributed by atoms with Crippen LogP contribution in [-0.2, 0) is 10.8 Å². The fourth-order valence-corrected chi connectivity index (χ4v) is 2.07. The highest BCUT2D eigenvalue weighted by molar-refractivity contribution is 7.88. The van der Waals surface area contributed by atoms with Crippen LogP contribution in [0.15, 0.2) is 47.1 Å². The number of hydrogen-bond acceptors (Lipinski definition) is 4. The maximum absolute atomic E-state index is 13.3. The van der Waals surface area contributed by atoms with Crippen molar-refractivity contribution in [2.45, 2.75) is 5.03 Å². The average Bonchev–Trinajstić information content (AvgIpc) is 2.46. The van der Waals surface area contributed by atoms with Gasteiger partial charge in [0.05, 0.1) is 29.8 Å². The van der Waals surface area contributed by atoms with Gasteiger partial charge in [0.2, 0.25) is 0 Å². The Morgan fingerprint density at radius 2 is 2.16 bits per heavy atom. The number of halogens is 1. The van der Waals surface area contributed by atoms with Crippen molar-refractivity contribution in [1.29, 1.82) is 0 Å². The predicted octanol–water partition coefficient (Wildman–Crippen LogP) is 2.40. The van der Waals surface area contributed by atoms with Crippen LogP contribution in [0.5, 0.6) is 5.75 Å². The highest BCUT2D eigenvalue weighted by Gasteiger charge is 2.03. The summed E-state index contributed by atoms with van der Waals surface area (Å²) in [6.07, 6.45) is 4.32. The monoisotopic (exact) mass is 278 g/mol. The van der Waals surface area contributed by atoms with Gasteiger partial charge >= 0.3 is 0 Å². The highest BCUT2D eigenvalue weighted by Crippen LogP contribution is 2.12. The van der Waals surface area contributed by atoms with Crippen molar-refractivity contribution in [2.24, 2.45) is 0 Å². The summed E-state index contributed by atoms with van der Waals surface area (Å²) >= 11 is 0. The molecule has 1 unspecified atom stereocenters. The molecule has 0 saturated carbocycles. The van der Waals surface area contributed by atoms with Gasteiger partial charge in [0.15, 0.2) is 0 Å². The smallest absolute Gasteiger partial charge is 0.148 e. The summed E-state index contributed by atoms with van der Waals surface area (Å²) in [6, 6.07) is 6.04. The third-order valence-electron chi connectivity index (χ3n) is 2.29. The van der Waals surface area contributed by atoms with E-state index >= 15 is 0 Å². The quantitative estimate of drug-likeness (QED) is 0.861. The van der Waals surface area contributed by atoms with Gasteiger partial charge in [-0.3, -0.25) is 4.98 Å². The molecule has 2 heterocycles. The fourth-order valence-electron chi connectivity index (χ4n) is 1.32. The summed E-state index contributed by atoms with van der Waals surface area (Å²) in [6.45, 7) is 0. The van der Waals surface area contributed by atoms with Crippen LogP contribution in [0, 0.1) is 5.82 Å². The summed E-state index contributed by atoms with van der Waals surface area (Å²) in [5, 5.41) is 1.72. The van der Waals surface area contributed by atoms with Crippen molar-refractivity contribution in [2.75, 3.05) is 7.11 Å². The molecule has 2 rings (SSSR count). The number of hydrogen-bond donors (Lipinski definition) is 0. The second kappa shape index (κ2) is 6.19. The van der Waals surface area contributed by atoms with E-state index < -0.39 is 16.6 Å². The molecule has 4 nitrogen and oxygen atoms in total. The molecule has 19 heavy (non-hydrogen) atoms. The van der Waals surface area contributed by atoms with Gasteiger partial charge in [0.25, 0.3) is 0 Å². The lowest BCUT2D eigenvalue weighted by Gasteiger charge is -1.99. The summed E-state index contributed by atoms with van der Waals surface area (Å²) in [5.74, 6) is 0.124. The molecular weight excluding hydrogens is 267 g/mol. The Kier molecular flexibility index (Phi) is 4.35. The molecule has 0 radical (unpaired) electrons. The van der Waals surface area contributed by atoms with Crippen molar-refractivity contribution >= 4 is 16.9 Å². The van der Waals surface area contributed by atoms with Gasteiger partial charge in [-0.15, -0.1) is 0 Å². The standard InChI is InChI=1S/C13H11FN2O2S/c1-18-10-4-5-13(16-9-10)19(17)8-6-12-11(14)3-2-7-15-12/h2-9H,1H3/b8-6+. The number of ether oxygens (including phenoxy) is 1. The van der Waals surface area contributed by atoms with Crippen molar-refractivity contribution in [3.63, 3.8) is 0 Å². The SMILES string of the molecule is COc1ccc(S(=O)/C=C/c2ncccc2F)nc1. The van der Waals surface area contributed by atoms with Crippen LogP contribution >= 0.6 is 0 Å². The molecule has 1 atom stereocenters. The molecule has 0 bridgehead atoms. The lowest BCUT2D eigenvalue weighted by atomic mass is 10.3. The Hall–Kier alpha value is -2.08. The first-order valence-electron chi connectivity index (χ1n) is 5.40. The van der Waals surface area contributed by atoms with Crippen LogP contribution in [0.3, 0.4) is 0 Å². The maximum Gasteiger partial charge on any atom is 0.148 e. The zero-order valence-corrected chi connectivity index (χ0v) is 10.9. The molecule has 0 fully saturated rings. The molecule has 0 aliphatic heterocycles. The van der Waals surface area contributed by atoms with Crippen LogP contribution in [0.25, 0.3) is 6.08 Å². The first kappa shape index (κ1) is 13.4. The normalized spacial score (nSPS) is 12.5. The van der Waals surface area contributed by atoms with Crippen LogP contribution in [0.1, 0.15) is 5.69 Å². The molecule has 0 spiro atoms. The molecule has 6 heteroatoms. The molecule has 0 N–H and O–H groups in total. The molecule has 2 aromatic heterocycles. The topological polar surface area (TPSA) is 52.1 Å². The van der Waals surface area contributed by atoms with E-state index in [2.05, 4.69) is 9.97 Å². The summed E-state index contributed by atoms with van der Waals surface area (Å²) in [7, 11) is 0.0689. The van der Waals surface area contributed by atoms with E-state index in [4.69, 9.17) is 4.74 Å². The summed E-state index contributed by atoms with van der Waals surface area (Å²) in [4.78, 5) is 7.83. The largest absolute Gasteiger partial charge is 0.495 e. The number of rotatable bonds is 4. The van der Waals surface area contributed by atoms with E-state index in [1.165, 1.54) is 43.1 Å². The second-order valence-corrected chi connectivity index (χ2v) is 4.79. The minimum absolute atomic E-state index is 0.143. The zero-order chi connectivity index (χ0) is 13.7. The Morgan fingerprint density at radius 3 is 2.79 bits per heavy atom. The Morgan fingerprint density at radius 1 is 1.32 bits per heavy atom. The van der Waals surface area contributed by atoms with E-state index in [9.17, 15) is 8.60 Å². The van der Waals surface area contributed by atoms with Gasteiger partial charge in [-0.1, -0.05) is 0 Å². The van der Waals surface area contributed by atoms with E-state index in [0.29, 0.717) is 10.8 Å². The lowest BCUT2D eigenvalue weighted by Crippen LogP contribution is -1.93. The van der Waals surface area contributed by atoms with E-state index in [1.54, 1.807) is 12.1 Å². The number of pyridine rings is 2. The molecule has 0 aromatic carbocycles. The average molecular weight is 278 g/mol. The van der Waals surface area contributed by atoms with E-state index in [1.807, 2.05) is 0 Å². The molecule has 0 saturated heterocycles. The first-order chi connectivity index (χ1) is 9.20. The first-order valence-corrected chi connectivity index (χ1v) is 6.61. The van der Waals surface area contributed by atoms with Crippen molar-refractivity contribution in [3.05, 3.63) is 53.6 Å². The molecule has 0 amide bonds. The third kappa shape index (κ3) is 3.45. The second-order valence-electron chi connectivity index (χ2n) is 3.51. The van der Waals surface area contributed by atoms with Gasteiger partial charge in [-0.2, -0.15) is 0 Å². The molecular formula is C13H11FN2O2S. The number of methoxy groups -OCH3 is 1. The van der Waals surface area contributed by atoms with E-state index in [0.717, 1.165) is 0 Å². The maximum atomic E-state index is 13.3. The van der Waals surface area contributed by atoms with Crippen molar-refractivity contribution < 1.29 is 13.3 Å². The van der Waals surface area contributed by atoms with Crippen molar-refractivity contribution in [3.8, 4) is 5.75 Å². The lowest BCUT2D eigenvalue weighted by molar-refractivity contribution is 0.412. The van der Waals surface area contributed by atoms with Crippen LogP contribution in [0.4, 0.5) is 4.39 Å². The van der Waals surface area contributed by atoms with Gasteiger partial charge < -0.3 is 4.74 Å². The number of nitrogens with zero attached hydrogens (tertiary/aromatic N) is 2. The zero-order valence-electron chi connectivity index (χ0n) is 10.1. The highest BCUT2D eigenvalue weighted by atomic mass is 32.2. The Bertz CT molecular complexity index is 614. The van der Waals surface area contributed by atoms with Gasteiger partial charge in [0.1, 0.15) is 16.6 Å². The van der Waals surface area contributed by atoms with Gasteiger partial charge in [0, 0.05) is 11.6 Å².